The minimum absolute atomic E-state index is 0.0183. The summed E-state index contributed by atoms with van der Waals surface area (Å²) in [4.78, 5) is 0. The predicted molar refractivity (Wildman–Crippen MR) is 145 cm³/mol. The molecule has 0 bridgehead atoms. The second-order valence-corrected chi connectivity index (χ2v) is 15.5. The lowest BCUT2D eigenvalue weighted by atomic mass is 9.95. The number of alkyl halides is 3. The summed E-state index contributed by atoms with van der Waals surface area (Å²) in [6.45, 7) is 6.79. The van der Waals surface area contributed by atoms with Gasteiger partial charge < -0.3 is 9.16 Å². The largest absolute Gasteiger partial charge is 0.490 e. The van der Waals surface area contributed by atoms with Gasteiger partial charge in [-0.2, -0.15) is 13.2 Å². The highest BCUT2D eigenvalue weighted by Crippen LogP contribution is 2.40. The molecule has 4 rings (SSSR count). The van der Waals surface area contributed by atoms with Gasteiger partial charge in [0.2, 0.25) is 0 Å². The van der Waals surface area contributed by atoms with Crippen molar-refractivity contribution in [3.63, 3.8) is 0 Å². The first-order valence-corrected chi connectivity index (χ1v) is 15.0. The zero-order valence-corrected chi connectivity index (χ0v) is 23.4. The van der Waals surface area contributed by atoms with Crippen molar-refractivity contribution in [2.75, 3.05) is 0 Å². The van der Waals surface area contributed by atoms with E-state index in [1.54, 1.807) is 6.07 Å². The van der Waals surface area contributed by atoms with E-state index in [-0.39, 0.29) is 27.5 Å². The highest BCUT2D eigenvalue weighted by molar-refractivity contribution is 9.10. The summed E-state index contributed by atoms with van der Waals surface area (Å²) in [6, 6.07) is 25.2. The van der Waals surface area contributed by atoms with E-state index in [1.807, 2.05) is 12.1 Å². The van der Waals surface area contributed by atoms with Crippen LogP contribution >= 0.6 is 15.9 Å². The molecule has 1 fully saturated rings. The summed E-state index contributed by atoms with van der Waals surface area (Å²) >= 11 is 2.99. The van der Waals surface area contributed by atoms with Crippen molar-refractivity contribution in [2.24, 2.45) is 0 Å². The fourth-order valence-corrected chi connectivity index (χ4v) is 10.4. The van der Waals surface area contributed by atoms with E-state index in [0.717, 1.165) is 31.7 Å². The molecule has 0 saturated heterocycles. The third-order valence-corrected chi connectivity index (χ3v) is 12.7. The average Bonchev–Trinajstić information content (AvgIpc) is 2.84. The monoisotopic (exact) mass is 576 g/mol. The van der Waals surface area contributed by atoms with Crippen molar-refractivity contribution in [3.05, 3.63) is 88.9 Å². The number of hydrogen-bond acceptors (Lipinski definition) is 2. The standard InChI is InChI=1S/C29H32BrF3O2Si/c1-28(2,3)36(24-10-6-4-7-11-24,25-12-8-5-9-13-25)35-22-16-14-21(15-17-22)34-23-18-19-27(30)26(20-23)29(31,32)33/h4-13,18-22H,14-17H2,1-3H3. The van der Waals surface area contributed by atoms with Crippen LogP contribution < -0.4 is 15.1 Å². The van der Waals surface area contributed by atoms with Gasteiger partial charge in [-0.3, -0.25) is 0 Å². The summed E-state index contributed by atoms with van der Waals surface area (Å²) in [5.74, 6) is 0.252. The zero-order chi connectivity index (χ0) is 26.0. The van der Waals surface area contributed by atoms with Crippen molar-refractivity contribution in [3.8, 4) is 5.75 Å². The summed E-state index contributed by atoms with van der Waals surface area (Å²) in [5.41, 5.74) is -0.719. The van der Waals surface area contributed by atoms with Crippen LogP contribution in [0.1, 0.15) is 52.0 Å². The molecule has 0 N–H and O–H groups in total. The number of hydrogen-bond donors (Lipinski definition) is 0. The average molecular weight is 578 g/mol. The SMILES string of the molecule is CC(C)(C)[Si](OC1CCC(Oc2ccc(Br)c(C(F)(F)F)c2)CC1)(c1ccccc1)c1ccccc1. The maximum absolute atomic E-state index is 13.3. The van der Waals surface area contributed by atoms with Gasteiger partial charge in [0.15, 0.2) is 0 Å². The van der Waals surface area contributed by atoms with Gasteiger partial charge in [-0.1, -0.05) is 97.4 Å². The number of halogens is 4. The molecule has 0 amide bonds. The van der Waals surface area contributed by atoms with Crippen molar-refractivity contribution in [1.29, 1.82) is 0 Å². The fourth-order valence-electron chi connectivity index (χ4n) is 5.20. The second kappa shape index (κ2) is 10.7. The van der Waals surface area contributed by atoms with Gasteiger partial charge in [-0.05, 0) is 59.3 Å². The Labute approximate surface area is 221 Å². The fraction of sp³-hybridized carbons (Fsp3) is 0.379. The summed E-state index contributed by atoms with van der Waals surface area (Å²) in [6.07, 6.45) is -1.42. The van der Waals surface area contributed by atoms with Crippen molar-refractivity contribution >= 4 is 34.6 Å². The van der Waals surface area contributed by atoms with Crippen LogP contribution in [0.3, 0.4) is 0 Å². The van der Waals surface area contributed by atoms with Crippen LogP contribution in [0.2, 0.25) is 5.04 Å². The van der Waals surface area contributed by atoms with E-state index in [1.165, 1.54) is 16.4 Å². The van der Waals surface area contributed by atoms with Gasteiger partial charge >= 0.3 is 6.18 Å². The molecule has 1 aliphatic rings. The topological polar surface area (TPSA) is 18.5 Å². The van der Waals surface area contributed by atoms with E-state index in [0.29, 0.717) is 0 Å². The minimum Gasteiger partial charge on any atom is -0.490 e. The molecule has 1 saturated carbocycles. The van der Waals surface area contributed by atoms with Crippen LogP contribution in [0.25, 0.3) is 0 Å². The molecule has 2 nitrogen and oxygen atoms in total. The molecule has 192 valence electrons. The lowest BCUT2D eigenvalue weighted by Gasteiger charge is -2.46. The molecular formula is C29H32BrF3O2Si. The van der Waals surface area contributed by atoms with Gasteiger partial charge in [0.1, 0.15) is 5.75 Å². The Bertz CT molecular complexity index is 1100. The van der Waals surface area contributed by atoms with Crippen LogP contribution in [0.4, 0.5) is 13.2 Å². The van der Waals surface area contributed by atoms with E-state index in [4.69, 9.17) is 9.16 Å². The smallest absolute Gasteiger partial charge is 0.417 e. The van der Waals surface area contributed by atoms with Crippen LogP contribution in [0.5, 0.6) is 5.75 Å². The summed E-state index contributed by atoms with van der Waals surface area (Å²) < 4.78 is 53.1. The maximum atomic E-state index is 13.3. The molecule has 0 unspecified atom stereocenters. The van der Waals surface area contributed by atoms with Gasteiger partial charge in [-0.25, -0.2) is 0 Å². The van der Waals surface area contributed by atoms with Crippen LogP contribution in [0.15, 0.2) is 83.3 Å². The molecule has 3 aromatic carbocycles. The molecule has 1 aliphatic carbocycles. The molecular weight excluding hydrogens is 545 g/mol. The Balaban J connectivity index is 1.53. The van der Waals surface area contributed by atoms with Crippen LogP contribution in [0, 0.1) is 0 Å². The first kappa shape index (κ1) is 27.0. The van der Waals surface area contributed by atoms with Gasteiger partial charge in [0, 0.05) is 10.6 Å². The Morgan fingerprint density at radius 3 is 1.72 bits per heavy atom. The zero-order valence-electron chi connectivity index (χ0n) is 20.8. The van der Waals surface area contributed by atoms with E-state index in [9.17, 15) is 13.2 Å². The van der Waals surface area contributed by atoms with Gasteiger partial charge in [0.05, 0.1) is 11.7 Å². The molecule has 0 atom stereocenters. The Morgan fingerprint density at radius 1 is 0.750 bits per heavy atom. The van der Waals surface area contributed by atoms with Crippen LogP contribution in [-0.2, 0) is 10.6 Å². The quantitative estimate of drug-likeness (QED) is 0.279. The molecule has 7 heteroatoms. The third kappa shape index (κ3) is 5.73. The van der Waals surface area contributed by atoms with Crippen molar-refractivity contribution in [2.45, 2.75) is 69.9 Å². The number of ether oxygens (including phenoxy) is 1. The van der Waals surface area contributed by atoms with E-state index >= 15 is 0 Å². The molecule has 0 aliphatic heterocycles. The van der Waals surface area contributed by atoms with Crippen molar-refractivity contribution in [1.82, 2.24) is 0 Å². The Morgan fingerprint density at radius 2 is 1.25 bits per heavy atom. The maximum Gasteiger partial charge on any atom is 0.417 e. The van der Waals surface area contributed by atoms with Gasteiger partial charge in [0.25, 0.3) is 8.32 Å². The Hall–Kier alpha value is -2.09. The van der Waals surface area contributed by atoms with E-state index in [2.05, 4.69) is 85.2 Å². The predicted octanol–water partition coefficient (Wildman–Crippen LogP) is 7.73. The molecule has 0 radical (unpaired) electrons. The highest BCUT2D eigenvalue weighted by atomic mass is 79.9. The lowest BCUT2D eigenvalue weighted by molar-refractivity contribution is -0.138. The lowest BCUT2D eigenvalue weighted by Crippen LogP contribution is -2.67. The number of rotatable bonds is 6. The highest BCUT2D eigenvalue weighted by Gasteiger charge is 2.51. The third-order valence-electron chi connectivity index (χ3n) is 6.93. The second-order valence-electron chi connectivity index (χ2n) is 10.4. The van der Waals surface area contributed by atoms with E-state index < -0.39 is 20.1 Å². The molecule has 3 aromatic rings. The minimum atomic E-state index is -4.43. The molecule has 0 aromatic heterocycles. The molecule has 36 heavy (non-hydrogen) atoms. The van der Waals surface area contributed by atoms with Crippen LogP contribution in [-0.4, -0.2) is 20.5 Å². The molecule has 0 heterocycles. The Kier molecular flexibility index (Phi) is 8.03. The van der Waals surface area contributed by atoms with Crippen molar-refractivity contribution < 1.29 is 22.3 Å². The van der Waals surface area contributed by atoms with Gasteiger partial charge in [-0.15, -0.1) is 0 Å². The normalized spacial score (nSPS) is 19.2. The first-order valence-electron chi connectivity index (χ1n) is 12.3. The summed E-state index contributed by atoms with van der Waals surface area (Å²) in [5, 5.41) is 2.39. The summed E-state index contributed by atoms with van der Waals surface area (Å²) in [7, 11) is -2.64. The first-order chi connectivity index (χ1) is 17.0. The number of benzene rings is 3. The molecule has 0 spiro atoms.